The minimum atomic E-state index is -0.339. The molecule has 132 valence electrons. The number of carbonyl (C=O) groups excluding carboxylic acids is 1. The van der Waals surface area contributed by atoms with Crippen LogP contribution in [0.15, 0.2) is 64.1 Å². The summed E-state index contributed by atoms with van der Waals surface area (Å²) in [5.74, 6) is 1.35. The molecule has 0 unspecified atom stereocenters. The molecule has 0 bridgehead atoms. The molecule has 26 heavy (non-hydrogen) atoms. The molecule has 0 aliphatic rings. The van der Waals surface area contributed by atoms with Crippen LogP contribution in [0.1, 0.15) is 16.1 Å². The average Bonchev–Trinajstić information content (AvgIpc) is 3.12. The molecule has 0 spiro atoms. The second kappa shape index (κ2) is 8.08. The summed E-state index contributed by atoms with van der Waals surface area (Å²) in [5.41, 5.74) is 3.58. The van der Waals surface area contributed by atoms with Crippen LogP contribution in [-0.4, -0.2) is 19.2 Å². The van der Waals surface area contributed by atoms with Gasteiger partial charge in [0.15, 0.2) is 0 Å². The number of nitrogens with one attached hydrogen (secondary N) is 1. The van der Waals surface area contributed by atoms with Crippen LogP contribution in [0.5, 0.6) is 5.75 Å². The standard InChI is InChI=1S/C19H14Cl2N2O3/c1-25-14-5-2-12(3-6-14)19(24)23-22-11-15-7-9-18(26-15)16-10-13(20)4-8-17(16)21/h2-11H,1H3,(H,23,24)/b22-11-. The summed E-state index contributed by atoms with van der Waals surface area (Å²) in [6.45, 7) is 0. The van der Waals surface area contributed by atoms with E-state index in [9.17, 15) is 4.79 Å². The van der Waals surface area contributed by atoms with E-state index in [4.69, 9.17) is 32.4 Å². The Kier molecular flexibility index (Phi) is 5.61. The molecule has 5 nitrogen and oxygen atoms in total. The third-order valence-corrected chi connectivity index (χ3v) is 4.10. The number of nitrogens with zero attached hydrogens (tertiary/aromatic N) is 1. The lowest BCUT2D eigenvalue weighted by atomic mass is 10.2. The Hall–Kier alpha value is -2.76. The normalized spacial score (nSPS) is 10.9. The minimum absolute atomic E-state index is 0.339. The van der Waals surface area contributed by atoms with Crippen LogP contribution >= 0.6 is 23.2 Å². The average molecular weight is 389 g/mol. The second-order valence-electron chi connectivity index (χ2n) is 5.25. The highest BCUT2D eigenvalue weighted by molar-refractivity contribution is 6.35. The van der Waals surface area contributed by atoms with Crippen LogP contribution in [0.3, 0.4) is 0 Å². The first kappa shape index (κ1) is 18.0. The van der Waals surface area contributed by atoms with Crippen molar-refractivity contribution in [3.63, 3.8) is 0 Å². The van der Waals surface area contributed by atoms with Crippen molar-refractivity contribution in [1.29, 1.82) is 0 Å². The smallest absolute Gasteiger partial charge is 0.271 e. The number of furan rings is 1. The number of hydrogen-bond donors (Lipinski definition) is 1. The van der Waals surface area contributed by atoms with E-state index >= 15 is 0 Å². The summed E-state index contributed by atoms with van der Waals surface area (Å²) >= 11 is 12.1. The van der Waals surface area contributed by atoms with Crippen molar-refractivity contribution < 1.29 is 13.9 Å². The third-order valence-electron chi connectivity index (χ3n) is 3.53. The van der Waals surface area contributed by atoms with Gasteiger partial charge >= 0.3 is 0 Å². The molecule has 3 rings (SSSR count). The van der Waals surface area contributed by atoms with Crippen molar-refractivity contribution in [2.75, 3.05) is 7.11 Å². The number of ether oxygens (including phenoxy) is 1. The zero-order valence-electron chi connectivity index (χ0n) is 13.7. The maximum atomic E-state index is 12.0. The van der Waals surface area contributed by atoms with Gasteiger partial charge in [-0.1, -0.05) is 23.2 Å². The van der Waals surface area contributed by atoms with Crippen LogP contribution in [-0.2, 0) is 0 Å². The van der Waals surface area contributed by atoms with Crippen LogP contribution in [0.4, 0.5) is 0 Å². The first-order valence-corrected chi connectivity index (χ1v) is 8.35. The van der Waals surface area contributed by atoms with Gasteiger partial charge < -0.3 is 9.15 Å². The Morgan fingerprint density at radius 2 is 1.88 bits per heavy atom. The molecule has 7 heteroatoms. The molecule has 2 aromatic carbocycles. The van der Waals surface area contributed by atoms with E-state index in [1.165, 1.54) is 6.21 Å². The van der Waals surface area contributed by atoms with Crippen LogP contribution in [0.25, 0.3) is 11.3 Å². The van der Waals surface area contributed by atoms with Gasteiger partial charge in [0.2, 0.25) is 0 Å². The molecule has 0 aliphatic carbocycles. The van der Waals surface area contributed by atoms with Gasteiger partial charge in [0.05, 0.1) is 18.3 Å². The van der Waals surface area contributed by atoms with E-state index in [1.54, 1.807) is 61.7 Å². The highest BCUT2D eigenvalue weighted by Crippen LogP contribution is 2.31. The Balaban J connectivity index is 1.66. The van der Waals surface area contributed by atoms with Gasteiger partial charge in [0.25, 0.3) is 5.91 Å². The maximum Gasteiger partial charge on any atom is 0.271 e. The van der Waals surface area contributed by atoms with Gasteiger partial charge in [0.1, 0.15) is 17.3 Å². The fraction of sp³-hybridized carbons (Fsp3) is 0.0526. The van der Waals surface area contributed by atoms with Gasteiger partial charge in [0, 0.05) is 16.1 Å². The predicted molar refractivity (Wildman–Crippen MR) is 102 cm³/mol. The van der Waals surface area contributed by atoms with E-state index in [-0.39, 0.29) is 5.91 Å². The van der Waals surface area contributed by atoms with E-state index < -0.39 is 0 Å². The van der Waals surface area contributed by atoms with Crippen molar-refractivity contribution in [2.45, 2.75) is 0 Å². The van der Waals surface area contributed by atoms with Crippen molar-refractivity contribution in [3.05, 3.63) is 76.0 Å². The molecule has 1 heterocycles. The molecular weight excluding hydrogens is 375 g/mol. The Labute approximate surface area is 160 Å². The van der Waals surface area contributed by atoms with Gasteiger partial charge in [-0.3, -0.25) is 4.79 Å². The fourth-order valence-corrected chi connectivity index (χ4v) is 2.60. The quantitative estimate of drug-likeness (QED) is 0.492. The van der Waals surface area contributed by atoms with Gasteiger partial charge in [-0.2, -0.15) is 5.10 Å². The van der Waals surface area contributed by atoms with E-state index in [1.807, 2.05) is 0 Å². The molecule has 3 aromatic rings. The van der Waals surface area contributed by atoms with Gasteiger partial charge in [-0.15, -0.1) is 0 Å². The third kappa shape index (κ3) is 4.25. The summed E-state index contributed by atoms with van der Waals surface area (Å²) < 4.78 is 10.7. The SMILES string of the molecule is COc1ccc(C(=O)N/N=C\c2ccc(-c3cc(Cl)ccc3Cl)o2)cc1. The second-order valence-corrected chi connectivity index (χ2v) is 6.10. The summed E-state index contributed by atoms with van der Waals surface area (Å²) in [4.78, 5) is 12.0. The predicted octanol–water partition coefficient (Wildman–Crippen LogP) is 5.03. The van der Waals surface area contributed by atoms with Crippen molar-refractivity contribution in [3.8, 4) is 17.1 Å². The van der Waals surface area contributed by atoms with Gasteiger partial charge in [-0.25, -0.2) is 5.43 Å². The lowest BCUT2D eigenvalue weighted by Crippen LogP contribution is -2.17. The van der Waals surface area contributed by atoms with E-state index in [2.05, 4.69) is 10.5 Å². The summed E-state index contributed by atoms with van der Waals surface area (Å²) in [6.07, 6.45) is 1.41. The molecule has 0 saturated carbocycles. The Morgan fingerprint density at radius 1 is 1.12 bits per heavy atom. The summed E-state index contributed by atoms with van der Waals surface area (Å²) in [6, 6.07) is 15.3. The molecule has 0 atom stereocenters. The van der Waals surface area contributed by atoms with Crippen LogP contribution < -0.4 is 10.2 Å². The molecule has 0 aliphatic heterocycles. The first-order valence-electron chi connectivity index (χ1n) is 7.59. The Morgan fingerprint density at radius 3 is 2.62 bits per heavy atom. The number of halogens is 2. The molecule has 1 aromatic heterocycles. The largest absolute Gasteiger partial charge is 0.497 e. The lowest BCUT2D eigenvalue weighted by Gasteiger charge is -2.02. The number of hydrogen-bond acceptors (Lipinski definition) is 4. The van der Waals surface area contributed by atoms with E-state index in [0.29, 0.717) is 38.4 Å². The van der Waals surface area contributed by atoms with Crippen molar-refractivity contribution in [1.82, 2.24) is 5.43 Å². The highest BCUT2D eigenvalue weighted by Gasteiger charge is 2.09. The minimum Gasteiger partial charge on any atom is -0.497 e. The zero-order valence-corrected chi connectivity index (χ0v) is 15.2. The molecule has 1 amide bonds. The maximum absolute atomic E-state index is 12.0. The monoisotopic (exact) mass is 388 g/mol. The number of methoxy groups -OCH3 is 1. The number of amides is 1. The molecule has 0 saturated heterocycles. The highest BCUT2D eigenvalue weighted by atomic mass is 35.5. The number of carbonyl (C=O) groups is 1. The number of benzene rings is 2. The van der Waals surface area contributed by atoms with Gasteiger partial charge in [-0.05, 0) is 54.6 Å². The first-order chi connectivity index (χ1) is 12.6. The topological polar surface area (TPSA) is 63.8 Å². The van der Waals surface area contributed by atoms with Crippen LogP contribution in [0, 0.1) is 0 Å². The number of rotatable bonds is 5. The molecule has 1 N–H and O–H groups in total. The summed E-state index contributed by atoms with van der Waals surface area (Å²) in [5, 5.41) is 4.98. The lowest BCUT2D eigenvalue weighted by molar-refractivity contribution is 0.0955. The molecule has 0 radical (unpaired) electrons. The van der Waals surface area contributed by atoms with E-state index in [0.717, 1.165) is 0 Å². The molecular formula is C19H14Cl2N2O3. The molecule has 0 fully saturated rings. The number of hydrazone groups is 1. The van der Waals surface area contributed by atoms with Crippen molar-refractivity contribution >= 4 is 35.3 Å². The zero-order chi connectivity index (χ0) is 18.5. The van der Waals surface area contributed by atoms with Crippen LogP contribution in [0.2, 0.25) is 10.0 Å². The summed E-state index contributed by atoms with van der Waals surface area (Å²) in [7, 11) is 1.56. The van der Waals surface area contributed by atoms with Crippen molar-refractivity contribution in [2.24, 2.45) is 5.10 Å². The Bertz CT molecular complexity index is 950. The fourth-order valence-electron chi connectivity index (χ4n) is 2.21.